The van der Waals surface area contributed by atoms with Crippen molar-refractivity contribution in [2.24, 2.45) is 5.41 Å². The first-order chi connectivity index (χ1) is 11.9. The number of nitrogens with one attached hydrogen (secondary N) is 1. The van der Waals surface area contributed by atoms with Crippen molar-refractivity contribution >= 4 is 35.0 Å². The van der Waals surface area contributed by atoms with Crippen molar-refractivity contribution in [3.8, 4) is 5.75 Å². The molecule has 0 aliphatic carbocycles. The van der Waals surface area contributed by atoms with Gasteiger partial charge < -0.3 is 15.0 Å². The van der Waals surface area contributed by atoms with Crippen molar-refractivity contribution in [1.82, 2.24) is 10.2 Å². The molecule has 2 rings (SSSR count). The minimum Gasteiger partial charge on any atom is -0.482 e. The van der Waals surface area contributed by atoms with Gasteiger partial charge in [0.05, 0.1) is 10.4 Å². The Bertz CT molecular complexity index is 639. The molecule has 2 amide bonds. The highest BCUT2D eigenvalue weighted by Gasteiger charge is 2.39. The van der Waals surface area contributed by atoms with Crippen LogP contribution in [0.25, 0.3) is 0 Å². The molecule has 7 heteroatoms. The van der Waals surface area contributed by atoms with E-state index in [9.17, 15) is 9.59 Å². The van der Waals surface area contributed by atoms with Crippen molar-refractivity contribution in [3.63, 3.8) is 0 Å². The molecule has 25 heavy (non-hydrogen) atoms. The maximum absolute atomic E-state index is 12.5. The second-order valence-electron chi connectivity index (χ2n) is 6.60. The van der Waals surface area contributed by atoms with Crippen LogP contribution in [-0.4, -0.2) is 43.0 Å². The molecule has 1 aliphatic heterocycles. The second kappa shape index (κ2) is 8.77. The van der Waals surface area contributed by atoms with Gasteiger partial charge in [-0.2, -0.15) is 0 Å². The van der Waals surface area contributed by atoms with Crippen molar-refractivity contribution in [2.45, 2.75) is 33.1 Å². The molecule has 1 unspecified atom stereocenters. The van der Waals surface area contributed by atoms with E-state index in [-0.39, 0.29) is 18.4 Å². The molecule has 0 aromatic heterocycles. The monoisotopic (exact) mass is 386 g/mol. The summed E-state index contributed by atoms with van der Waals surface area (Å²) in [6, 6.07) is 4.86. The molecule has 5 nitrogen and oxygen atoms in total. The first kappa shape index (κ1) is 19.9. The summed E-state index contributed by atoms with van der Waals surface area (Å²) in [7, 11) is 0. The molecule has 1 saturated heterocycles. The van der Waals surface area contributed by atoms with Crippen LogP contribution in [0.4, 0.5) is 0 Å². The summed E-state index contributed by atoms with van der Waals surface area (Å²) in [4.78, 5) is 26.6. The second-order valence-corrected chi connectivity index (χ2v) is 7.44. The van der Waals surface area contributed by atoms with Crippen LogP contribution >= 0.6 is 23.2 Å². The fourth-order valence-electron chi connectivity index (χ4n) is 2.91. The molecule has 0 radical (unpaired) electrons. The minimum absolute atomic E-state index is 0.00788. The number of halogens is 2. The normalized spacial score (nSPS) is 20.2. The van der Waals surface area contributed by atoms with Crippen molar-refractivity contribution in [3.05, 3.63) is 28.2 Å². The first-order valence-corrected chi connectivity index (χ1v) is 9.25. The van der Waals surface area contributed by atoms with Crippen LogP contribution in [0, 0.1) is 5.41 Å². The molecule has 1 heterocycles. The highest BCUT2D eigenvalue weighted by atomic mass is 35.5. The van der Waals surface area contributed by atoms with E-state index in [1.807, 2.05) is 13.8 Å². The molecule has 138 valence electrons. The zero-order chi connectivity index (χ0) is 18.4. The standard InChI is InChI=1S/C18H24Cl2N2O3/c1-3-8-21-17(24)18(2)7-4-9-22(12-18)16(23)11-25-15-6-5-13(19)10-14(15)20/h5-6,10H,3-4,7-9,11-12H2,1-2H3,(H,21,24). The molecular formula is C18H24Cl2N2O3. The Labute approximate surface area is 158 Å². The van der Waals surface area contributed by atoms with Gasteiger partial charge in [0.15, 0.2) is 6.61 Å². The molecule has 0 spiro atoms. The zero-order valence-corrected chi connectivity index (χ0v) is 16.1. The van der Waals surface area contributed by atoms with E-state index >= 15 is 0 Å². The molecule has 1 atom stereocenters. The van der Waals surface area contributed by atoms with E-state index < -0.39 is 5.41 Å². The van der Waals surface area contributed by atoms with Gasteiger partial charge in [0.2, 0.25) is 5.91 Å². The van der Waals surface area contributed by atoms with Gasteiger partial charge in [-0.05, 0) is 44.4 Å². The van der Waals surface area contributed by atoms with Crippen LogP contribution in [0.15, 0.2) is 18.2 Å². The molecular weight excluding hydrogens is 363 g/mol. The van der Waals surface area contributed by atoms with Crippen molar-refractivity contribution in [2.75, 3.05) is 26.2 Å². The number of rotatable bonds is 6. The van der Waals surface area contributed by atoms with E-state index in [0.717, 1.165) is 19.3 Å². The number of likely N-dealkylation sites (tertiary alicyclic amines) is 1. The van der Waals surface area contributed by atoms with Crippen molar-refractivity contribution < 1.29 is 14.3 Å². The Morgan fingerprint density at radius 1 is 1.36 bits per heavy atom. The SMILES string of the molecule is CCCNC(=O)C1(C)CCCN(C(=O)COc2ccc(Cl)cc2Cl)C1. The molecule has 0 saturated carbocycles. The number of nitrogens with zero attached hydrogens (tertiary/aromatic N) is 1. The largest absolute Gasteiger partial charge is 0.482 e. The zero-order valence-electron chi connectivity index (χ0n) is 14.6. The van der Waals surface area contributed by atoms with Gasteiger partial charge in [-0.15, -0.1) is 0 Å². The lowest BCUT2D eigenvalue weighted by molar-refractivity contribution is -0.141. The minimum atomic E-state index is -0.555. The summed E-state index contributed by atoms with van der Waals surface area (Å²) in [5.41, 5.74) is -0.555. The van der Waals surface area contributed by atoms with Gasteiger partial charge in [-0.1, -0.05) is 30.1 Å². The molecule has 1 aromatic rings. The molecule has 1 aliphatic rings. The van der Waals surface area contributed by atoms with E-state index in [4.69, 9.17) is 27.9 Å². The van der Waals surface area contributed by atoms with Gasteiger partial charge in [0.1, 0.15) is 5.75 Å². The molecule has 1 N–H and O–H groups in total. The Morgan fingerprint density at radius 3 is 2.80 bits per heavy atom. The Morgan fingerprint density at radius 2 is 2.12 bits per heavy atom. The van der Waals surface area contributed by atoms with Crippen LogP contribution in [0.5, 0.6) is 5.75 Å². The van der Waals surface area contributed by atoms with Crippen LogP contribution < -0.4 is 10.1 Å². The maximum atomic E-state index is 12.5. The highest BCUT2D eigenvalue weighted by Crippen LogP contribution is 2.30. The Hall–Kier alpha value is -1.46. The predicted octanol–water partition coefficient (Wildman–Crippen LogP) is 3.53. The van der Waals surface area contributed by atoms with Gasteiger partial charge in [0.25, 0.3) is 5.91 Å². The fourth-order valence-corrected chi connectivity index (χ4v) is 3.38. The average molecular weight is 387 g/mol. The summed E-state index contributed by atoms with van der Waals surface area (Å²) < 4.78 is 5.52. The fraction of sp³-hybridized carbons (Fsp3) is 0.556. The predicted molar refractivity (Wildman–Crippen MR) is 99.2 cm³/mol. The first-order valence-electron chi connectivity index (χ1n) is 8.49. The number of carbonyl (C=O) groups excluding carboxylic acids is 2. The summed E-state index contributed by atoms with van der Waals surface area (Å²) in [5, 5.41) is 3.81. The summed E-state index contributed by atoms with van der Waals surface area (Å²) in [6.45, 7) is 5.49. The number of carbonyl (C=O) groups is 2. The van der Waals surface area contributed by atoms with Crippen LogP contribution in [0.3, 0.4) is 0 Å². The topological polar surface area (TPSA) is 58.6 Å². The summed E-state index contributed by atoms with van der Waals surface area (Å²) in [6.07, 6.45) is 2.46. The third kappa shape index (κ3) is 5.25. The maximum Gasteiger partial charge on any atom is 0.260 e. The third-order valence-corrected chi connectivity index (χ3v) is 4.91. The number of benzene rings is 1. The summed E-state index contributed by atoms with van der Waals surface area (Å²) >= 11 is 11.9. The molecule has 1 fully saturated rings. The molecule has 1 aromatic carbocycles. The van der Waals surface area contributed by atoms with Crippen molar-refractivity contribution in [1.29, 1.82) is 0 Å². The smallest absolute Gasteiger partial charge is 0.260 e. The van der Waals surface area contributed by atoms with Crippen LogP contribution in [0.2, 0.25) is 10.0 Å². The van der Waals surface area contributed by atoms with E-state index in [0.29, 0.717) is 35.4 Å². The average Bonchev–Trinajstić information content (AvgIpc) is 2.58. The Kier molecular flexibility index (Phi) is 6.96. The number of hydrogen-bond donors (Lipinski definition) is 1. The Balaban J connectivity index is 1.93. The lowest BCUT2D eigenvalue weighted by atomic mass is 9.81. The quantitative estimate of drug-likeness (QED) is 0.813. The summed E-state index contributed by atoms with van der Waals surface area (Å²) in [5.74, 6) is 0.272. The number of piperidine rings is 1. The van der Waals surface area contributed by atoms with Crippen LogP contribution in [0.1, 0.15) is 33.1 Å². The van der Waals surface area contributed by atoms with Gasteiger partial charge in [0, 0.05) is 24.7 Å². The van der Waals surface area contributed by atoms with Gasteiger partial charge >= 0.3 is 0 Å². The lowest BCUT2D eigenvalue weighted by Gasteiger charge is -2.39. The molecule has 0 bridgehead atoms. The number of ether oxygens (including phenoxy) is 1. The van der Waals surface area contributed by atoms with Gasteiger partial charge in [-0.25, -0.2) is 0 Å². The highest BCUT2D eigenvalue weighted by molar-refractivity contribution is 6.35. The van der Waals surface area contributed by atoms with E-state index in [2.05, 4.69) is 5.32 Å². The van der Waals surface area contributed by atoms with Crippen LogP contribution in [-0.2, 0) is 9.59 Å². The number of amides is 2. The lowest BCUT2D eigenvalue weighted by Crippen LogP contribution is -2.52. The van der Waals surface area contributed by atoms with E-state index in [1.165, 1.54) is 0 Å². The van der Waals surface area contributed by atoms with E-state index in [1.54, 1.807) is 23.1 Å². The third-order valence-electron chi connectivity index (χ3n) is 4.38. The number of hydrogen-bond acceptors (Lipinski definition) is 3. The van der Waals surface area contributed by atoms with Gasteiger partial charge in [-0.3, -0.25) is 9.59 Å².